The number of rotatable bonds is 3. The molecule has 2 aliphatic rings. The van der Waals surface area contributed by atoms with E-state index in [-0.39, 0.29) is 11.5 Å². The quantitative estimate of drug-likeness (QED) is 0.530. The molecule has 156 valence electrons. The number of hydrogen-bond acceptors (Lipinski definition) is 7. The van der Waals surface area contributed by atoms with Crippen molar-refractivity contribution in [2.45, 2.75) is 25.3 Å². The van der Waals surface area contributed by atoms with E-state index in [4.69, 9.17) is 10.5 Å². The Labute approximate surface area is 179 Å². The highest BCUT2D eigenvalue weighted by atomic mass is 16.5. The molecule has 1 aliphatic heterocycles. The van der Waals surface area contributed by atoms with Crippen LogP contribution in [0, 0.1) is 5.41 Å². The predicted octanol–water partition coefficient (Wildman–Crippen LogP) is 3.38. The second-order valence-corrected chi connectivity index (χ2v) is 8.49. The normalized spacial score (nSPS) is 19.6. The van der Waals surface area contributed by atoms with Gasteiger partial charge in [-0.2, -0.15) is 0 Å². The standard InChI is InChI=1S/C23H23N7O/c24-20-18-4-2-1-3-16(18)12-23(20)6-9-30(10-7-23)22-27-14-19(28-29-22)31-17-11-15-5-8-25-21(15)26-13-17/h1-5,8,11,13-14,20H,6-7,9-10,12,24H2,(H,25,26)/t20-/m1/s1. The predicted molar refractivity (Wildman–Crippen MR) is 117 cm³/mol. The summed E-state index contributed by atoms with van der Waals surface area (Å²) in [6.45, 7) is 1.75. The number of aromatic nitrogens is 5. The Hall–Kier alpha value is -3.52. The van der Waals surface area contributed by atoms with Gasteiger partial charge in [0.25, 0.3) is 5.88 Å². The molecule has 0 radical (unpaired) electrons. The number of pyridine rings is 1. The SMILES string of the molecule is N[C@@H]1c2ccccc2CC12CCN(c1ncc(Oc3cnc4[nH]ccc4c3)nn1)CC2. The zero-order valence-corrected chi connectivity index (χ0v) is 17.0. The molecule has 8 nitrogen and oxygen atoms in total. The second kappa shape index (κ2) is 7.02. The van der Waals surface area contributed by atoms with Crippen molar-refractivity contribution in [1.29, 1.82) is 0 Å². The molecule has 1 aliphatic carbocycles. The van der Waals surface area contributed by atoms with Gasteiger partial charge in [0.1, 0.15) is 11.4 Å². The van der Waals surface area contributed by atoms with Gasteiger partial charge in [-0.25, -0.2) is 9.97 Å². The maximum Gasteiger partial charge on any atom is 0.257 e. The van der Waals surface area contributed by atoms with Crippen LogP contribution in [0.15, 0.2) is 55.0 Å². The highest BCUT2D eigenvalue weighted by Gasteiger charge is 2.46. The average Bonchev–Trinajstić information content (AvgIpc) is 3.38. The van der Waals surface area contributed by atoms with Gasteiger partial charge in [-0.3, -0.25) is 0 Å². The van der Waals surface area contributed by atoms with Gasteiger partial charge in [0.2, 0.25) is 5.95 Å². The molecule has 0 bridgehead atoms. The Morgan fingerprint density at radius 2 is 1.94 bits per heavy atom. The maximum atomic E-state index is 6.68. The molecule has 6 rings (SSSR count). The lowest BCUT2D eigenvalue weighted by Gasteiger charge is -2.42. The van der Waals surface area contributed by atoms with Crippen LogP contribution >= 0.6 is 0 Å². The Morgan fingerprint density at radius 1 is 1.06 bits per heavy atom. The number of piperidine rings is 1. The van der Waals surface area contributed by atoms with Crippen LogP contribution in [0.5, 0.6) is 11.6 Å². The lowest BCUT2D eigenvalue weighted by molar-refractivity contribution is 0.186. The zero-order valence-electron chi connectivity index (χ0n) is 17.0. The number of nitrogens with two attached hydrogens (primary N) is 1. The molecule has 0 unspecified atom stereocenters. The Morgan fingerprint density at radius 3 is 2.74 bits per heavy atom. The van der Waals surface area contributed by atoms with Gasteiger partial charge in [0.05, 0.1) is 12.4 Å². The number of hydrogen-bond donors (Lipinski definition) is 2. The summed E-state index contributed by atoms with van der Waals surface area (Å²) >= 11 is 0. The first-order valence-electron chi connectivity index (χ1n) is 10.6. The first-order valence-corrected chi connectivity index (χ1v) is 10.6. The molecule has 31 heavy (non-hydrogen) atoms. The van der Waals surface area contributed by atoms with Crippen LogP contribution in [0.25, 0.3) is 11.0 Å². The van der Waals surface area contributed by atoms with Gasteiger partial charge in [-0.05, 0) is 47.9 Å². The van der Waals surface area contributed by atoms with Crippen molar-refractivity contribution in [3.63, 3.8) is 0 Å². The molecule has 3 N–H and O–H groups in total. The zero-order chi connectivity index (χ0) is 20.8. The van der Waals surface area contributed by atoms with Crippen molar-refractivity contribution in [1.82, 2.24) is 25.1 Å². The third-order valence-corrected chi connectivity index (χ3v) is 6.76. The molecule has 4 aromatic rings. The molecule has 1 saturated heterocycles. The van der Waals surface area contributed by atoms with Crippen LogP contribution in [0.4, 0.5) is 5.95 Å². The Bertz CT molecular complexity index is 1230. The van der Waals surface area contributed by atoms with E-state index >= 15 is 0 Å². The summed E-state index contributed by atoms with van der Waals surface area (Å²) in [5.41, 5.74) is 10.3. The van der Waals surface area contributed by atoms with Crippen LogP contribution in [0.1, 0.15) is 30.0 Å². The van der Waals surface area contributed by atoms with Gasteiger partial charge in [0.15, 0.2) is 0 Å². The lowest BCUT2D eigenvalue weighted by Crippen LogP contribution is -2.45. The number of nitrogens with one attached hydrogen (secondary N) is 1. The molecule has 1 spiro atoms. The van der Waals surface area contributed by atoms with Crippen molar-refractivity contribution < 1.29 is 4.74 Å². The minimum Gasteiger partial charge on any atom is -0.435 e. The summed E-state index contributed by atoms with van der Waals surface area (Å²) in [4.78, 5) is 14.1. The van der Waals surface area contributed by atoms with Crippen LogP contribution in [-0.4, -0.2) is 38.2 Å². The largest absolute Gasteiger partial charge is 0.435 e. The molecule has 1 aromatic carbocycles. The summed E-state index contributed by atoms with van der Waals surface area (Å²) in [5.74, 6) is 1.58. The van der Waals surface area contributed by atoms with Crippen LogP contribution in [-0.2, 0) is 6.42 Å². The fraction of sp³-hybridized carbons (Fsp3) is 0.304. The van der Waals surface area contributed by atoms with E-state index in [0.717, 1.165) is 43.4 Å². The van der Waals surface area contributed by atoms with E-state index in [1.54, 1.807) is 12.4 Å². The van der Waals surface area contributed by atoms with Gasteiger partial charge in [-0.1, -0.05) is 24.3 Å². The summed E-state index contributed by atoms with van der Waals surface area (Å²) in [6, 6.07) is 12.5. The molecule has 4 heterocycles. The van der Waals surface area contributed by atoms with E-state index in [2.05, 4.69) is 54.3 Å². The third-order valence-electron chi connectivity index (χ3n) is 6.76. The number of fused-ring (bicyclic) bond motifs is 2. The average molecular weight is 413 g/mol. The van der Waals surface area contributed by atoms with E-state index in [1.807, 2.05) is 18.3 Å². The van der Waals surface area contributed by atoms with Gasteiger partial charge >= 0.3 is 0 Å². The molecule has 1 fully saturated rings. The highest BCUT2D eigenvalue weighted by Crippen LogP contribution is 2.50. The number of benzene rings is 1. The molecule has 8 heteroatoms. The minimum absolute atomic E-state index is 0.103. The number of nitrogens with zero attached hydrogens (tertiary/aromatic N) is 5. The molecular formula is C23H23N7O. The van der Waals surface area contributed by atoms with Crippen molar-refractivity contribution in [2.75, 3.05) is 18.0 Å². The van der Waals surface area contributed by atoms with Crippen LogP contribution in [0.2, 0.25) is 0 Å². The van der Waals surface area contributed by atoms with E-state index < -0.39 is 0 Å². The topological polar surface area (TPSA) is 106 Å². The monoisotopic (exact) mass is 413 g/mol. The Balaban J connectivity index is 1.13. The first-order chi connectivity index (χ1) is 15.2. The van der Waals surface area contributed by atoms with Gasteiger partial charge in [0, 0.05) is 30.7 Å². The van der Waals surface area contributed by atoms with Gasteiger partial charge in [-0.15, -0.1) is 10.2 Å². The third kappa shape index (κ3) is 3.11. The van der Waals surface area contributed by atoms with Crippen LogP contribution < -0.4 is 15.4 Å². The first kappa shape index (κ1) is 18.3. The molecule has 3 aromatic heterocycles. The van der Waals surface area contributed by atoms with Gasteiger partial charge < -0.3 is 20.4 Å². The highest BCUT2D eigenvalue weighted by molar-refractivity contribution is 5.76. The molecule has 0 saturated carbocycles. The summed E-state index contributed by atoms with van der Waals surface area (Å²) in [5, 5.41) is 9.50. The van der Waals surface area contributed by atoms with E-state index in [0.29, 0.717) is 17.6 Å². The maximum absolute atomic E-state index is 6.68. The van der Waals surface area contributed by atoms with Crippen molar-refractivity contribution in [2.24, 2.45) is 11.1 Å². The minimum atomic E-state index is 0.103. The van der Waals surface area contributed by atoms with E-state index in [9.17, 15) is 0 Å². The second-order valence-electron chi connectivity index (χ2n) is 8.49. The summed E-state index contributed by atoms with van der Waals surface area (Å²) in [7, 11) is 0. The Kier molecular flexibility index (Phi) is 4.14. The fourth-order valence-corrected chi connectivity index (χ4v) is 5.00. The fourth-order valence-electron chi connectivity index (χ4n) is 5.00. The molecule has 1 atom stereocenters. The number of aromatic amines is 1. The van der Waals surface area contributed by atoms with Crippen molar-refractivity contribution in [3.05, 3.63) is 66.1 Å². The number of anilines is 1. The molecule has 0 amide bonds. The number of H-pyrrole nitrogens is 1. The number of ether oxygens (including phenoxy) is 1. The van der Waals surface area contributed by atoms with Crippen molar-refractivity contribution in [3.8, 4) is 11.6 Å². The molecular weight excluding hydrogens is 390 g/mol. The smallest absolute Gasteiger partial charge is 0.257 e. The van der Waals surface area contributed by atoms with Crippen LogP contribution in [0.3, 0.4) is 0 Å². The van der Waals surface area contributed by atoms with E-state index in [1.165, 1.54) is 11.1 Å². The summed E-state index contributed by atoms with van der Waals surface area (Å²) < 4.78 is 5.78. The van der Waals surface area contributed by atoms with Crippen molar-refractivity contribution >= 4 is 17.0 Å². The lowest BCUT2D eigenvalue weighted by atomic mass is 9.73. The summed E-state index contributed by atoms with van der Waals surface area (Å²) in [6.07, 6.45) is 8.22.